The van der Waals surface area contributed by atoms with Crippen molar-refractivity contribution in [3.8, 4) is 5.75 Å². The number of unbranched alkanes of at least 4 members (excludes halogenated alkanes) is 2. The molecule has 0 radical (unpaired) electrons. The zero-order valence-electron chi connectivity index (χ0n) is 16.1. The molecule has 0 unspecified atom stereocenters. The minimum Gasteiger partial charge on any atom is -0.493 e. The third-order valence-electron chi connectivity index (χ3n) is 4.48. The van der Waals surface area contributed by atoms with Gasteiger partial charge >= 0.3 is 5.97 Å². The van der Waals surface area contributed by atoms with E-state index in [0.29, 0.717) is 49.6 Å². The summed E-state index contributed by atoms with van der Waals surface area (Å²) in [4.78, 5) is 10.4. The molecule has 1 saturated carbocycles. The molecule has 1 aliphatic rings. The molecular weight excluding hydrogens is 387 g/mol. The fourth-order valence-electron chi connectivity index (χ4n) is 2.73. The first-order chi connectivity index (χ1) is 13.2. The Kier molecular flexibility index (Phi) is 8.65. The molecule has 0 bridgehead atoms. The molecule has 28 heavy (non-hydrogen) atoms. The van der Waals surface area contributed by atoms with Crippen LogP contribution in [-0.2, 0) is 14.8 Å². The highest BCUT2D eigenvalue weighted by atomic mass is 32.2. The molecule has 1 aliphatic carbocycles. The van der Waals surface area contributed by atoms with Gasteiger partial charge < -0.3 is 15.2 Å². The summed E-state index contributed by atoms with van der Waals surface area (Å²) in [5.41, 5.74) is 0.521. The van der Waals surface area contributed by atoms with Crippen molar-refractivity contribution in [3.05, 3.63) is 29.6 Å². The zero-order valence-corrected chi connectivity index (χ0v) is 16.9. The van der Waals surface area contributed by atoms with Crippen LogP contribution < -0.4 is 14.8 Å². The van der Waals surface area contributed by atoms with Gasteiger partial charge in [0.05, 0.1) is 18.9 Å². The summed E-state index contributed by atoms with van der Waals surface area (Å²) in [6.45, 7) is 2.66. The predicted molar refractivity (Wildman–Crippen MR) is 104 cm³/mol. The monoisotopic (exact) mass is 416 g/mol. The Labute approximate surface area is 165 Å². The maximum atomic E-state index is 13.9. The van der Waals surface area contributed by atoms with Crippen molar-refractivity contribution in [3.63, 3.8) is 0 Å². The number of rotatable bonds is 14. The lowest BCUT2D eigenvalue weighted by Crippen LogP contribution is -2.29. The summed E-state index contributed by atoms with van der Waals surface area (Å²) in [6, 6.07) is 3.73. The average Bonchev–Trinajstić information content (AvgIpc) is 3.42. The maximum Gasteiger partial charge on any atom is 0.317 e. The second-order valence-corrected chi connectivity index (χ2v) is 9.14. The summed E-state index contributed by atoms with van der Waals surface area (Å²) in [6.07, 6.45) is 4.10. The molecule has 1 fully saturated rings. The normalized spacial score (nSPS) is 15.4. The molecule has 2 rings (SSSR count). The fourth-order valence-corrected chi connectivity index (χ4v) is 4.10. The molecule has 0 aliphatic heterocycles. The van der Waals surface area contributed by atoms with Gasteiger partial charge in [-0.05, 0) is 62.8 Å². The van der Waals surface area contributed by atoms with Gasteiger partial charge in [0, 0.05) is 12.1 Å². The molecule has 3 N–H and O–H groups in total. The summed E-state index contributed by atoms with van der Waals surface area (Å²) < 4.78 is 46.5. The molecule has 158 valence electrons. The van der Waals surface area contributed by atoms with Crippen LogP contribution in [-0.4, -0.2) is 44.9 Å². The number of sulfonamides is 1. The van der Waals surface area contributed by atoms with Crippen molar-refractivity contribution < 1.29 is 27.4 Å². The van der Waals surface area contributed by atoms with Crippen molar-refractivity contribution >= 4 is 16.0 Å². The summed E-state index contributed by atoms with van der Waals surface area (Å²) in [7, 11) is -3.50. The highest BCUT2D eigenvalue weighted by Crippen LogP contribution is 2.30. The van der Waals surface area contributed by atoms with Gasteiger partial charge in [-0.1, -0.05) is 6.42 Å². The molecule has 1 aromatic carbocycles. The Morgan fingerprint density at radius 1 is 1.29 bits per heavy atom. The first-order valence-corrected chi connectivity index (χ1v) is 11.3. The number of ether oxygens (including phenoxy) is 1. The Bertz CT molecular complexity index is 753. The van der Waals surface area contributed by atoms with E-state index in [1.165, 1.54) is 12.1 Å². The zero-order chi connectivity index (χ0) is 20.6. The van der Waals surface area contributed by atoms with Gasteiger partial charge in [-0.3, -0.25) is 4.79 Å². The van der Waals surface area contributed by atoms with Gasteiger partial charge in [0.2, 0.25) is 10.0 Å². The number of benzene rings is 1. The summed E-state index contributed by atoms with van der Waals surface area (Å²) in [5, 5.41) is 11.3. The number of halogens is 1. The van der Waals surface area contributed by atoms with Crippen LogP contribution in [0.5, 0.6) is 5.75 Å². The van der Waals surface area contributed by atoms with E-state index < -0.39 is 27.9 Å². The third-order valence-corrected chi connectivity index (χ3v) is 6.01. The van der Waals surface area contributed by atoms with Crippen LogP contribution in [0.3, 0.4) is 0 Å². The van der Waals surface area contributed by atoms with E-state index >= 15 is 0 Å². The number of hydrogen-bond donors (Lipinski definition) is 3. The van der Waals surface area contributed by atoms with Crippen LogP contribution in [0.15, 0.2) is 18.2 Å². The van der Waals surface area contributed by atoms with Crippen LogP contribution in [0.4, 0.5) is 4.39 Å². The maximum absolute atomic E-state index is 13.9. The molecule has 7 nitrogen and oxygen atoms in total. The Hall–Kier alpha value is -1.71. The number of aliphatic carboxylic acids is 1. The first-order valence-electron chi connectivity index (χ1n) is 9.61. The average molecular weight is 417 g/mol. The lowest BCUT2D eigenvalue weighted by Gasteiger charge is -2.16. The molecule has 0 amide bonds. The molecule has 0 heterocycles. The minimum atomic E-state index is -3.50. The second kappa shape index (κ2) is 10.7. The van der Waals surface area contributed by atoms with Gasteiger partial charge in [-0.25, -0.2) is 17.5 Å². The van der Waals surface area contributed by atoms with Crippen molar-refractivity contribution in [1.82, 2.24) is 10.0 Å². The predicted octanol–water partition coefficient (Wildman–Crippen LogP) is 2.44. The van der Waals surface area contributed by atoms with E-state index in [1.807, 2.05) is 0 Å². The van der Waals surface area contributed by atoms with E-state index in [0.717, 1.165) is 12.8 Å². The lowest BCUT2D eigenvalue weighted by atomic mass is 10.1. The van der Waals surface area contributed by atoms with Crippen molar-refractivity contribution in [2.45, 2.75) is 45.1 Å². The van der Waals surface area contributed by atoms with E-state index in [4.69, 9.17) is 9.84 Å². The van der Waals surface area contributed by atoms with Gasteiger partial charge in [0.25, 0.3) is 0 Å². The molecule has 0 aromatic heterocycles. The van der Waals surface area contributed by atoms with Crippen molar-refractivity contribution in [1.29, 1.82) is 0 Å². The third kappa shape index (κ3) is 8.99. The smallest absolute Gasteiger partial charge is 0.317 e. The Morgan fingerprint density at radius 2 is 2.04 bits per heavy atom. The van der Waals surface area contributed by atoms with E-state index in [-0.39, 0.29) is 12.3 Å². The Balaban J connectivity index is 1.76. The molecule has 0 spiro atoms. The van der Waals surface area contributed by atoms with E-state index in [9.17, 15) is 17.6 Å². The highest BCUT2D eigenvalue weighted by Gasteiger charge is 2.22. The number of carboxylic acids is 1. The van der Waals surface area contributed by atoms with Crippen molar-refractivity contribution in [2.24, 2.45) is 5.92 Å². The molecule has 0 saturated heterocycles. The molecule has 1 atom stereocenters. The summed E-state index contributed by atoms with van der Waals surface area (Å²) >= 11 is 0. The topological polar surface area (TPSA) is 105 Å². The second-order valence-electron chi connectivity index (χ2n) is 7.26. The van der Waals surface area contributed by atoms with Gasteiger partial charge in [0.1, 0.15) is 11.6 Å². The van der Waals surface area contributed by atoms with Crippen LogP contribution >= 0.6 is 0 Å². The quantitative estimate of drug-likeness (QED) is 0.403. The first kappa shape index (κ1) is 22.6. The van der Waals surface area contributed by atoms with Gasteiger partial charge in [-0.2, -0.15) is 0 Å². The standard InChI is InChI=1S/C19H29FN2O5S/c1-14(16-9-17(20)11-18(10-16)27-13-15-5-6-15)22-28(25,26)8-4-2-3-7-21-12-19(23)24/h9-11,14-15,21-22H,2-8,12-13H2,1H3,(H,23,24)/t14-/m0/s1. The lowest BCUT2D eigenvalue weighted by molar-refractivity contribution is -0.135. The van der Waals surface area contributed by atoms with Crippen LogP contribution in [0.25, 0.3) is 0 Å². The molecular formula is C19H29FN2O5S. The van der Waals surface area contributed by atoms with Gasteiger partial charge in [-0.15, -0.1) is 0 Å². The van der Waals surface area contributed by atoms with Crippen LogP contribution in [0.2, 0.25) is 0 Å². The van der Waals surface area contributed by atoms with E-state index in [2.05, 4.69) is 10.0 Å². The van der Waals surface area contributed by atoms with Crippen LogP contribution in [0, 0.1) is 11.7 Å². The molecule has 9 heteroatoms. The Morgan fingerprint density at radius 3 is 2.71 bits per heavy atom. The number of hydrogen-bond acceptors (Lipinski definition) is 5. The highest BCUT2D eigenvalue weighted by molar-refractivity contribution is 7.89. The SMILES string of the molecule is C[C@H](NS(=O)(=O)CCCCCNCC(=O)O)c1cc(F)cc(OCC2CC2)c1. The van der Waals surface area contributed by atoms with Crippen molar-refractivity contribution in [2.75, 3.05) is 25.4 Å². The molecule has 1 aromatic rings. The van der Waals surface area contributed by atoms with Gasteiger partial charge in [0.15, 0.2) is 0 Å². The number of carboxylic acid groups (broad SMARTS) is 1. The minimum absolute atomic E-state index is 0.0311. The number of carbonyl (C=O) groups is 1. The van der Waals surface area contributed by atoms with E-state index in [1.54, 1.807) is 13.0 Å². The largest absolute Gasteiger partial charge is 0.493 e. The number of nitrogens with one attached hydrogen (secondary N) is 2. The fraction of sp³-hybridized carbons (Fsp3) is 0.632. The van der Waals surface area contributed by atoms with Crippen LogP contribution in [0.1, 0.15) is 50.6 Å². The summed E-state index contributed by atoms with van der Waals surface area (Å²) in [5.74, 6) is -0.442.